The van der Waals surface area contributed by atoms with Crippen LogP contribution in [-0.4, -0.2) is 28.8 Å². The fourth-order valence-corrected chi connectivity index (χ4v) is 2.96. The first kappa shape index (κ1) is 18.4. The van der Waals surface area contributed by atoms with E-state index in [0.29, 0.717) is 18.5 Å². The lowest BCUT2D eigenvalue weighted by atomic mass is 9.98. The third kappa shape index (κ3) is 4.05. The molecule has 1 fully saturated rings. The van der Waals surface area contributed by atoms with Crippen LogP contribution in [0.15, 0.2) is 34.7 Å². The predicted octanol–water partition coefficient (Wildman–Crippen LogP) is 2.00. The van der Waals surface area contributed by atoms with E-state index < -0.39 is 11.9 Å². The Hall–Kier alpha value is -3.42. The van der Waals surface area contributed by atoms with Crippen molar-refractivity contribution in [3.63, 3.8) is 0 Å². The number of carbonyl (C=O) groups is 4. The van der Waals surface area contributed by atoms with Crippen molar-refractivity contribution in [3.8, 4) is 0 Å². The summed E-state index contributed by atoms with van der Waals surface area (Å²) in [7, 11) is 0. The molecule has 3 N–H and O–H groups in total. The molecule has 8 nitrogen and oxygen atoms in total. The van der Waals surface area contributed by atoms with Crippen molar-refractivity contribution in [1.29, 1.82) is 0 Å². The Bertz CT molecular complexity index is 913. The first-order chi connectivity index (χ1) is 12.9. The summed E-state index contributed by atoms with van der Waals surface area (Å²) < 4.78 is 5.32. The zero-order valence-corrected chi connectivity index (χ0v) is 14.6. The molecule has 8 heteroatoms. The Morgan fingerprint density at radius 2 is 1.96 bits per heavy atom. The van der Waals surface area contributed by atoms with Gasteiger partial charge in [-0.3, -0.25) is 19.7 Å². The molecule has 1 atom stereocenters. The summed E-state index contributed by atoms with van der Waals surface area (Å²) in [6.07, 6.45) is 0.980. The number of amides is 3. The quantitative estimate of drug-likeness (QED) is 0.668. The molecule has 140 valence electrons. The lowest BCUT2D eigenvalue weighted by Crippen LogP contribution is -2.22. The van der Waals surface area contributed by atoms with Gasteiger partial charge >= 0.3 is 5.97 Å². The first-order valence-electron chi connectivity index (χ1n) is 8.47. The topological polar surface area (TPSA) is 126 Å². The first-order valence-corrected chi connectivity index (χ1v) is 8.47. The van der Waals surface area contributed by atoms with E-state index in [0.717, 1.165) is 5.56 Å². The SMILES string of the molecule is CCc1oc(C(=O)Nc2ccc(CC3CC(=O)NC3=O)cc2)cc1C(=O)O. The molecule has 2 heterocycles. The monoisotopic (exact) mass is 370 g/mol. The van der Waals surface area contributed by atoms with Gasteiger partial charge in [0.05, 0.1) is 5.92 Å². The molecule has 3 amide bonds. The molecule has 1 aliphatic rings. The molecule has 0 aliphatic carbocycles. The van der Waals surface area contributed by atoms with Gasteiger partial charge in [-0.1, -0.05) is 19.1 Å². The predicted molar refractivity (Wildman–Crippen MR) is 94.4 cm³/mol. The minimum atomic E-state index is -1.14. The molecule has 0 bridgehead atoms. The molecule has 3 rings (SSSR count). The van der Waals surface area contributed by atoms with Gasteiger partial charge in [-0.25, -0.2) is 4.79 Å². The van der Waals surface area contributed by atoms with Crippen LogP contribution in [0.2, 0.25) is 0 Å². The highest BCUT2D eigenvalue weighted by Gasteiger charge is 2.30. The average molecular weight is 370 g/mol. The van der Waals surface area contributed by atoms with Gasteiger partial charge in [0.2, 0.25) is 11.8 Å². The van der Waals surface area contributed by atoms with Crippen LogP contribution in [0, 0.1) is 5.92 Å². The maximum atomic E-state index is 12.3. The number of hydrogen-bond donors (Lipinski definition) is 3. The summed E-state index contributed by atoms with van der Waals surface area (Å²) in [6.45, 7) is 1.74. The maximum absolute atomic E-state index is 12.3. The van der Waals surface area contributed by atoms with Crippen LogP contribution in [0.25, 0.3) is 0 Å². The Kier molecular flexibility index (Phi) is 5.07. The Morgan fingerprint density at radius 1 is 1.26 bits per heavy atom. The number of imide groups is 1. The van der Waals surface area contributed by atoms with Crippen LogP contribution >= 0.6 is 0 Å². The van der Waals surface area contributed by atoms with Crippen molar-refractivity contribution in [2.45, 2.75) is 26.2 Å². The third-order valence-corrected chi connectivity index (χ3v) is 4.34. The molecule has 0 radical (unpaired) electrons. The molecule has 27 heavy (non-hydrogen) atoms. The second-order valence-electron chi connectivity index (χ2n) is 6.27. The molecule has 1 saturated heterocycles. The van der Waals surface area contributed by atoms with E-state index in [9.17, 15) is 19.2 Å². The van der Waals surface area contributed by atoms with E-state index >= 15 is 0 Å². The minimum Gasteiger partial charge on any atom is -0.478 e. The van der Waals surface area contributed by atoms with Gasteiger partial charge < -0.3 is 14.8 Å². The van der Waals surface area contributed by atoms with Crippen LogP contribution in [0.1, 0.15) is 45.6 Å². The number of hydrogen-bond acceptors (Lipinski definition) is 5. The van der Waals surface area contributed by atoms with Crippen LogP contribution in [0.4, 0.5) is 5.69 Å². The second-order valence-corrected chi connectivity index (χ2v) is 6.27. The second kappa shape index (κ2) is 7.45. The highest BCUT2D eigenvalue weighted by molar-refractivity contribution is 6.04. The number of benzene rings is 1. The molecule has 0 saturated carbocycles. The van der Waals surface area contributed by atoms with Gasteiger partial charge in [0.1, 0.15) is 11.3 Å². The number of nitrogens with one attached hydrogen (secondary N) is 2. The smallest absolute Gasteiger partial charge is 0.339 e. The number of aromatic carboxylic acids is 1. The molecule has 1 aromatic carbocycles. The van der Waals surface area contributed by atoms with E-state index in [2.05, 4.69) is 10.6 Å². The zero-order chi connectivity index (χ0) is 19.6. The summed E-state index contributed by atoms with van der Waals surface area (Å²) in [6, 6.07) is 8.07. The third-order valence-electron chi connectivity index (χ3n) is 4.34. The van der Waals surface area contributed by atoms with Crippen molar-refractivity contribution < 1.29 is 28.7 Å². The van der Waals surface area contributed by atoms with Crippen molar-refractivity contribution in [1.82, 2.24) is 5.32 Å². The molecule has 2 aromatic rings. The van der Waals surface area contributed by atoms with Gasteiger partial charge in [-0.15, -0.1) is 0 Å². The number of furan rings is 1. The molecule has 0 spiro atoms. The van der Waals surface area contributed by atoms with Crippen molar-refractivity contribution in [2.75, 3.05) is 5.32 Å². The molecule has 1 aromatic heterocycles. The van der Waals surface area contributed by atoms with Crippen LogP contribution in [0.3, 0.4) is 0 Å². The highest BCUT2D eigenvalue weighted by atomic mass is 16.4. The van der Waals surface area contributed by atoms with E-state index in [4.69, 9.17) is 9.52 Å². The average Bonchev–Trinajstić information content (AvgIpc) is 3.20. The van der Waals surface area contributed by atoms with Crippen molar-refractivity contribution >= 4 is 29.4 Å². The number of carbonyl (C=O) groups excluding carboxylic acids is 3. The lowest BCUT2D eigenvalue weighted by molar-refractivity contribution is -0.125. The lowest BCUT2D eigenvalue weighted by Gasteiger charge is -2.08. The van der Waals surface area contributed by atoms with Crippen LogP contribution in [-0.2, 0) is 22.4 Å². The fourth-order valence-electron chi connectivity index (χ4n) is 2.96. The van der Waals surface area contributed by atoms with E-state index in [1.807, 2.05) is 0 Å². The maximum Gasteiger partial charge on any atom is 0.339 e. The Balaban J connectivity index is 1.66. The number of rotatable bonds is 6. The largest absolute Gasteiger partial charge is 0.478 e. The Labute approximate surface area is 154 Å². The van der Waals surface area contributed by atoms with E-state index in [1.165, 1.54) is 6.07 Å². The molecular formula is C19H18N2O6. The zero-order valence-electron chi connectivity index (χ0n) is 14.6. The summed E-state index contributed by atoms with van der Waals surface area (Å²) in [5.74, 6) is -2.43. The van der Waals surface area contributed by atoms with Gasteiger partial charge in [0, 0.05) is 24.6 Å². The van der Waals surface area contributed by atoms with Gasteiger partial charge in [-0.2, -0.15) is 0 Å². The minimum absolute atomic E-state index is 0.0256. The summed E-state index contributed by atoms with van der Waals surface area (Å²) >= 11 is 0. The molecule has 1 aliphatic heterocycles. The number of aryl methyl sites for hydroxylation is 1. The van der Waals surface area contributed by atoms with Crippen LogP contribution < -0.4 is 10.6 Å². The summed E-state index contributed by atoms with van der Waals surface area (Å²) in [5.41, 5.74) is 1.34. The van der Waals surface area contributed by atoms with E-state index in [1.54, 1.807) is 31.2 Å². The number of anilines is 1. The standard InChI is InChI=1S/C19H18N2O6/c1-2-14-13(19(25)26)9-15(27-14)18(24)20-12-5-3-10(4-6-12)7-11-8-16(22)21-17(11)23/h3-6,9,11H,2,7-8H2,1H3,(H,20,24)(H,25,26)(H,21,22,23). The van der Waals surface area contributed by atoms with Crippen molar-refractivity contribution in [2.24, 2.45) is 5.92 Å². The normalized spacial score (nSPS) is 16.3. The van der Waals surface area contributed by atoms with Gasteiger partial charge in [-0.05, 0) is 24.1 Å². The van der Waals surface area contributed by atoms with Crippen LogP contribution in [0.5, 0.6) is 0 Å². The van der Waals surface area contributed by atoms with E-state index in [-0.39, 0.29) is 41.2 Å². The Morgan fingerprint density at radius 3 is 2.48 bits per heavy atom. The molecular weight excluding hydrogens is 352 g/mol. The number of carboxylic acid groups (broad SMARTS) is 1. The van der Waals surface area contributed by atoms with Gasteiger partial charge in [0.25, 0.3) is 5.91 Å². The van der Waals surface area contributed by atoms with Crippen molar-refractivity contribution in [3.05, 3.63) is 53.0 Å². The highest BCUT2D eigenvalue weighted by Crippen LogP contribution is 2.21. The summed E-state index contributed by atoms with van der Waals surface area (Å²) in [4.78, 5) is 46.3. The number of carboxylic acids is 1. The van der Waals surface area contributed by atoms with Gasteiger partial charge in [0.15, 0.2) is 5.76 Å². The molecule has 1 unspecified atom stereocenters. The fraction of sp³-hybridized carbons (Fsp3) is 0.263. The summed E-state index contributed by atoms with van der Waals surface area (Å²) in [5, 5.41) is 14.0.